The summed E-state index contributed by atoms with van der Waals surface area (Å²) < 4.78 is 36.5. The number of alkyl halides is 2. The Hall–Kier alpha value is -3.92. The quantitative estimate of drug-likeness (QED) is 0.265. The first-order valence-corrected chi connectivity index (χ1v) is 11.5. The average molecular weight is 498 g/mol. The number of amides is 1. The lowest BCUT2D eigenvalue weighted by Gasteiger charge is -2.14. The van der Waals surface area contributed by atoms with Gasteiger partial charge in [-0.2, -0.15) is 8.78 Å². The van der Waals surface area contributed by atoms with Crippen LogP contribution in [0.5, 0.6) is 11.5 Å². The molecule has 1 aromatic heterocycles. The van der Waals surface area contributed by atoms with Crippen LogP contribution in [-0.4, -0.2) is 34.9 Å². The number of nitrogens with zero attached hydrogens (tertiary/aromatic N) is 2. The molecule has 0 unspecified atom stereocenters. The lowest BCUT2D eigenvalue weighted by molar-refractivity contribution is -0.113. The van der Waals surface area contributed by atoms with Crippen LogP contribution in [0.4, 0.5) is 14.5 Å². The van der Waals surface area contributed by atoms with Gasteiger partial charge in [-0.15, -0.1) is 0 Å². The molecule has 10 heteroatoms. The molecule has 3 aromatic carbocycles. The number of thioether (sulfide) groups is 1. The standard InChI is InChI=1S/C25H21F2N3O4S/c1-33-17-12-10-16(11-13-17)14-30-23(32)18-6-2-3-7-19(18)29-25(30)35-15-22(31)28-20-8-4-5-9-21(20)34-24(26)27/h2-13,24H,14-15H2,1H3,(H,28,31). The maximum absolute atomic E-state index is 13.3. The zero-order valence-corrected chi connectivity index (χ0v) is 19.4. The van der Waals surface area contributed by atoms with E-state index in [0.29, 0.717) is 21.8 Å². The van der Waals surface area contributed by atoms with Crippen molar-refractivity contribution in [2.45, 2.75) is 18.3 Å². The van der Waals surface area contributed by atoms with Gasteiger partial charge in [-0.05, 0) is 42.0 Å². The van der Waals surface area contributed by atoms with Crippen molar-refractivity contribution in [1.29, 1.82) is 0 Å². The van der Waals surface area contributed by atoms with E-state index in [1.165, 1.54) is 22.8 Å². The van der Waals surface area contributed by atoms with Crippen molar-refractivity contribution in [3.05, 3.63) is 88.7 Å². The van der Waals surface area contributed by atoms with Crippen LogP contribution in [0.2, 0.25) is 0 Å². The molecule has 0 aliphatic rings. The summed E-state index contributed by atoms with van der Waals surface area (Å²) in [5, 5.41) is 3.40. The molecule has 0 bridgehead atoms. The molecule has 0 fully saturated rings. The van der Waals surface area contributed by atoms with E-state index >= 15 is 0 Å². The van der Waals surface area contributed by atoms with E-state index in [9.17, 15) is 18.4 Å². The number of ether oxygens (including phenoxy) is 2. The fourth-order valence-electron chi connectivity index (χ4n) is 3.40. The van der Waals surface area contributed by atoms with Gasteiger partial charge < -0.3 is 14.8 Å². The molecule has 1 amide bonds. The lowest BCUT2D eigenvalue weighted by atomic mass is 10.2. The molecule has 0 aliphatic carbocycles. The minimum absolute atomic E-state index is 0.101. The SMILES string of the molecule is COc1ccc(Cn2c(SCC(=O)Nc3ccccc3OC(F)F)nc3ccccc3c2=O)cc1. The first kappa shape index (κ1) is 24.2. The lowest BCUT2D eigenvalue weighted by Crippen LogP contribution is -2.25. The molecule has 1 heterocycles. The fraction of sp³-hybridized carbons (Fsp3) is 0.160. The van der Waals surface area contributed by atoms with Crippen molar-refractivity contribution in [2.24, 2.45) is 0 Å². The Morgan fingerprint density at radius 2 is 1.77 bits per heavy atom. The summed E-state index contributed by atoms with van der Waals surface area (Å²) in [7, 11) is 1.57. The third-order valence-corrected chi connectivity index (χ3v) is 6.01. The highest BCUT2D eigenvalue weighted by Gasteiger charge is 2.16. The highest BCUT2D eigenvalue weighted by Crippen LogP contribution is 2.26. The molecule has 7 nitrogen and oxygen atoms in total. The highest BCUT2D eigenvalue weighted by atomic mass is 32.2. The Balaban J connectivity index is 1.58. The van der Waals surface area contributed by atoms with Gasteiger partial charge in [-0.1, -0.05) is 48.2 Å². The molecule has 180 valence electrons. The van der Waals surface area contributed by atoms with Crippen molar-refractivity contribution in [3.63, 3.8) is 0 Å². The summed E-state index contributed by atoms with van der Waals surface area (Å²) >= 11 is 1.08. The van der Waals surface area contributed by atoms with Crippen LogP contribution < -0.4 is 20.3 Å². The van der Waals surface area contributed by atoms with Crippen LogP contribution in [0.3, 0.4) is 0 Å². The number of hydrogen-bond acceptors (Lipinski definition) is 6. The summed E-state index contributed by atoms with van der Waals surface area (Å²) in [6.45, 7) is -2.77. The number of rotatable bonds is 9. The number of aromatic nitrogens is 2. The molecule has 4 aromatic rings. The van der Waals surface area contributed by atoms with E-state index in [4.69, 9.17) is 4.74 Å². The maximum atomic E-state index is 13.3. The van der Waals surface area contributed by atoms with E-state index in [2.05, 4.69) is 15.0 Å². The summed E-state index contributed by atoms with van der Waals surface area (Å²) in [5.41, 5.74) is 1.27. The van der Waals surface area contributed by atoms with Crippen LogP contribution in [0.15, 0.2) is 82.7 Å². The number of fused-ring (bicyclic) bond motifs is 1. The molecule has 1 N–H and O–H groups in total. The van der Waals surface area contributed by atoms with Gasteiger partial charge in [0.25, 0.3) is 5.56 Å². The molecule has 4 rings (SSSR count). The summed E-state index contributed by atoms with van der Waals surface area (Å²) in [4.78, 5) is 30.5. The van der Waals surface area contributed by atoms with Gasteiger partial charge in [0.2, 0.25) is 5.91 Å². The number of halogens is 2. The monoisotopic (exact) mass is 497 g/mol. The number of benzene rings is 3. The van der Waals surface area contributed by atoms with Crippen LogP contribution in [0.25, 0.3) is 10.9 Å². The second kappa shape index (κ2) is 11.0. The zero-order valence-electron chi connectivity index (χ0n) is 18.6. The predicted molar refractivity (Wildman–Crippen MR) is 131 cm³/mol. The number of anilines is 1. The molecular formula is C25H21F2N3O4S. The van der Waals surface area contributed by atoms with Crippen molar-refractivity contribution < 1.29 is 23.0 Å². The minimum Gasteiger partial charge on any atom is -0.497 e. The Kier molecular flexibility index (Phi) is 7.61. The van der Waals surface area contributed by atoms with Crippen LogP contribution >= 0.6 is 11.8 Å². The number of nitrogens with one attached hydrogen (secondary N) is 1. The first-order chi connectivity index (χ1) is 16.9. The smallest absolute Gasteiger partial charge is 0.387 e. The number of para-hydroxylation sites is 3. The maximum Gasteiger partial charge on any atom is 0.387 e. The fourth-order valence-corrected chi connectivity index (χ4v) is 4.19. The molecule has 0 spiro atoms. The second-order valence-electron chi connectivity index (χ2n) is 7.36. The van der Waals surface area contributed by atoms with Gasteiger partial charge in [-0.25, -0.2) is 4.98 Å². The molecule has 35 heavy (non-hydrogen) atoms. The normalized spacial score (nSPS) is 11.0. The number of hydrogen-bond donors (Lipinski definition) is 1. The third-order valence-electron chi connectivity index (χ3n) is 5.04. The molecule has 0 saturated heterocycles. The molecule has 0 atom stereocenters. The largest absolute Gasteiger partial charge is 0.497 e. The summed E-state index contributed by atoms with van der Waals surface area (Å²) in [6, 6.07) is 20.2. The summed E-state index contributed by atoms with van der Waals surface area (Å²) in [5.74, 6) is -0.00364. The minimum atomic E-state index is -3.02. The zero-order chi connectivity index (χ0) is 24.8. The Labute approximate surface area is 203 Å². The third kappa shape index (κ3) is 5.96. The molecule has 0 saturated carbocycles. The highest BCUT2D eigenvalue weighted by molar-refractivity contribution is 7.99. The Morgan fingerprint density at radius 1 is 1.06 bits per heavy atom. The number of carbonyl (C=O) groups is 1. The van der Waals surface area contributed by atoms with E-state index < -0.39 is 12.5 Å². The average Bonchev–Trinajstić information content (AvgIpc) is 2.86. The van der Waals surface area contributed by atoms with E-state index in [0.717, 1.165) is 17.3 Å². The van der Waals surface area contributed by atoms with Crippen molar-refractivity contribution in [3.8, 4) is 11.5 Å². The van der Waals surface area contributed by atoms with Crippen molar-refractivity contribution >= 4 is 34.3 Å². The van der Waals surface area contributed by atoms with Gasteiger partial charge in [0.1, 0.15) is 11.5 Å². The first-order valence-electron chi connectivity index (χ1n) is 10.5. The Morgan fingerprint density at radius 3 is 2.51 bits per heavy atom. The van der Waals surface area contributed by atoms with Crippen LogP contribution in [-0.2, 0) is 11.3 Å². The van der Waals surface area contributed by atoms with Gasteiger partial charge in [0.05, 0.1) is 36.0 Å². The van der Waals surface area contributed by atoms with Crippen LogP contribution in [0, 0.1) is 0 Å². The van der Waals surface area contributed by atoms with Gasteiger partial charge in [0.15, 0.2) is 5.16 Å². The van der Waals surface area contributed by atoms with Crippen molar-refractivity contribution in [1.82, 2.24) is 9.55 Å². The van der Waals surface area contributed by atoms with E-state index in [-0.39, 0.29) is 29.3 Å². The van der Waals surface area contributed by atoms with Gasteiger partial charge in [-0.3, -0.25) is 14.2 Å². The molecular weight excluding hydrogens is 476 g/mol. The molecule has 0 aliphatic heterocycles. The van der Waals surface area contributed by atoms with E-state index in [1.54, 1.807) is 49.6 Å². The number of carbonyl (C=O) groups excluding carboxylic acids is 1. The Bertz CT molecular complexity index is 1390. The summed E-state index contributed by atoms with van der Waals surface area (Å²) in [6.07, 6.45) is 0. The van der Waals surface area contributed by atoms with E-state index in [1.807, 2.05) is 12.1 Å². The molecule has 0 radical (unpaired) electrons. The van der Waals surface area contributed by atoms with Crippen molar-refractivity contribution in [2.75, 3.05) is 18.2 Å². The number of methoxy groups -OCH3 is 1. The van der Waals surface area contributed by atoms with Crippen LogP contribution in [0.1, 0.15) is 5.56 Å². The predicted octanol–water partition coefficient (Wildman–Crippen LogP) is 4.79. The van der Waals surface area contributed by atoms with Gasteiger partial charge in [0, 0.05) is 0 Å². The topological polar surface area (TPSA) is 82.4 Å². The second-order valence-corrected chi connectivity index (χ2v) is 8.30. The van der Waals surface area contributed by atoms with Gasteiger partial charge >= 0.3 is 6.61 Å².